The van der Waals surface area contributed by atoms with Crippen molar-refractivity contribution >= 4 is 5.78 Å². The number of carbonyl (C=O) groups is 1. The summed E-state index contributed by atoms with van der Waals surface area (Å²) >= 11 is 0. The number of benzene rings is 1. The van der Waals surface area contributed by atoms with E-state index in [0.29, 0.717) is 30.3 Å². The summed E-state index contributed by atoms with van der Waals surface area (Å²) in [7, 11) is 3.18. The van der Waals surface area contributed by atoms with E-state index in [1.807, 2.05) is 10.6 Å². The Kier molecular flexibility index (Phi) is 5.88. The first-order chi connectivity index (χ1) is 15.2. The van der Waals surface area contributed by atoms with Gasteiger partial charge in [-0.1, -0.05) is 13.8 Å². The van der Waals surface area contributed by atoms with Gasteiger partial charge in [0.25, 0.3) is 0 Å². The van der Waals surface area contributed by atoms with E-state index in [9.17, 15) is 9.59 Å². The number of ketones is 1. The van der Waals surface area contributed by atoms with Crippen LogP contribution < -0.4 is 14.9 Å². The third-order valence-electron chi connectivity index (χ3n) is 6.88. The first kappa shape index (κ1) is 22.5. The molecule has 2 atom stereocenters. The molecular formula is C25H30FNO5. The molecule has 1 aromatic heterocycles. The highest BCUT2D eigenvalue weighted by molar-refractivity contribution is 5.94. The molecule has 1 fully saturated rings. The molecule has 0 spiro atoms. The van der Waals surface area contributed by atoms with Crippen LogP contribution >= 0.6 is 0 Å². The van der Waals surface area contributed by atoms with E-state index < -0.39 is 17.0 Å². The van der Waals surface area contributed by atoms with E-state index in [2.05, 4.69) is 13.8 Å². The fraction of sp³-hybridized carbons (Fsp3) is 0.520. The van der Waals surface area contributed by atoms with Gasteiger partial charge in [-0.3, -0.25) is 9.59 Å². The van der Waals surface area contributed by atoms with Crippen LogP contribution in [0.25, 0.3) is 11.3 Å². The predicted octanol–water partition coefficient (Wildman–Crippen LogP) is 4.74. The van der Waals surface area contributed by atoms with E-state index >= 15 is 4.39 Å². The standard InChI is InChI=1S/C25H30FNO5/c1-14(28)18-13-27-22(21(26)23(18)29)17-12-19(31-5)20(32-10-6-9-30-4)11-16(17)15-7-8-25(2,3)24(15)27/h11-13,15,24H,6-10H2,1-5H3/t15-,24+/m0/s1. The van der Waals surface area contributed by atoms with Crippen molar-refractivity contribution in [3.05, 3.63) is 45.5 Å². The molecule has 172 valence electrons. The molecule has 1 aromatic carbocycles. The summed E-state index contributed by atoms with van der Waals surface area (Å²) in [6.07, 6.45) is 4.15. The Morgan fingerprint density at radius 2 is 1.97 bits per heavy atom. The van der Waals surface area contributed by atoms with Gasteiger partial charge in [-0.15, -0.1) is 0 Å². The van der Waals surface area contributed by atoms with E-state index in [0.717, 1.165) is 24.8 Å². The van der Waals surface area contributed by atoms with Crippen LogP contribution in [-0.4, -0.2) is 37.8 Å². The number of hydrogen-bond acceptors (Lipinski definition) is 5. The molecule has 0 amide bonds. The van der Waals surface area contributed by atoms with Crippen molar-refractivity contribution in [1.29, 1.82) is 0 Å². The summed E-state index contributed by atoms with van der Waals surface area (Å²) in [6.45, 7) is 6.66. The molecule has 0 radical (unpaired) electrons. The van der Waals surface area contributed by atoms with Gasteiger partial charge in [0.1, 0.15) is 0 Å². The second-order valence-electron chi connectivity index (χ2n) is 9.36. The second-order valence-corrected chi connectivity index (χ2v) is 9.36. The van der Waals surface area contributed by atoms with Gasteiger partial charge >= 0.3 is 0 Å². The Morgan fingerprint density at radius 3 is 2.62 bits per heavy atom. The average Bonchev–Trinajstić information content (AvgIpc) is 3.08. The first-order valence-electron chi connectivity index (χ1n) is 11.0. The van der Waals surface area contributed by atoms with Gasteiger partial charge in [0.15, 0.2) is 23.1 Å². The lowest BCUT2D eigenvalue weighted by atomic mass is 9.77. The Balaban J connectivity index is 1.94. The van der Waals surface area contributed by atoms with Crippen molar-refractivity contribution < 1.29 is 23.4 Å². The molecule has 0 bridgehead atoms. The average molecular weight is 444 g/mol. The van der Waals surface area contributed by atoms with Crippen LogP contribution in [0.15, 0.2) is 23.1 Å². The van der Waals surface area contributed by atoms with E-state index in [1.54, 1.807) is 19.4 Å². The van der Waals surface area contributed by atoms with Gasteiger partial charge in [0.2, 0.25) is 5.43 Å². The number of pyridine rings is 1. The van der Waals surface area contributed by atoms with Gasteiger partial charge in [-0.05, 0) is 42.9 Å². The normalized spacial score (nSPS) is 20.3. The Bertz CT molecular complexity index is 1120. The summed E-state index contributed by atoms with van der Waals surface area (Å²) in [6, 6.07) is 3.62. The fourth-order valence-electron chi connectivity index (χ4n) is 5.35. The number of Topliss-reactive ketones (excluding diaryl/α,β-unsaturated/α-hetero) is 1. The highest BCUT2D eigenvalue weighted by atomic mass is 19.1. The number of ether oxygens (including phenoxy) is 3. The lowest BCUT2D eigenvalue weighted by Gasteiger charge is -2.40. The van der Waals surface area contributed by atoms with Crippen molar-refractivity contribution in [2.45, 2.75) is 52.0 Å². The lowest BCUT2D eigenvalue weighted by molar-refractivity contribution is 0.101. The molecule has 2 aliphatic rings. The monoisotopic (exact) mass is 443 g/mol. The van der Waals surface area contributed by atoms with Gasteiger partial charge in [-0.25, -0.2) is 4.39 Å². The number of methoxy groups -OCH3 is 2. The molecule has 2 aromatic rings. The number of nitrogens with zero attached hydrogens (tertiary/aromatic N) is 1. The zero-order chi connectivity index (χ0) is 23.2. The van der Waals surface area contributed by atoms with Crippen LogP contribution in [0.3, 0.4) is 0 Å². The largest absolute Gasteiger partial charge is 0.493 e. The van der Waals surface area contributed by atoms with Gasteiger partial charge in [0, 0.05) is 43.9 Å². The van der Waals surface area contributed by atoms with Crippen LogP contribution in [-0.2, 0) is 4.74 Å². The van der Waals surface area contributed by atoms with E-state index in [4.69, 9.17) is 14.2 Å². The molecular weight excluding hydrogens is 413 g/mol. The van der Waals surface area contributed by atoms with Crippen LogP contribution in [0.2, 0.25) is 0 Å². The van der Waals surface area contributed by atoms with Gasteiger partial charge < -0.3 is 18.8 Å². The minimum absolute atomic E-state index is 0.0760. The number of rotatable bonds is 7. The molecule has 4 rings (SSSR count). The molecule has 0 N–H and O–H groups in total. The van der Waals surface area contributed by atoms with E-state index in [-0.39, 0.29) is 28.6 Å². The van der Waals surface area contributed by atoms with Crippen molar-refractivity contribution in [2.24, 2.45) is 5.41 Å². The van der Waals surface area contributed by atoms with Gasteiger partial charge in [-0.2, -0.15) is 0 Å². The molecule has 7 heteroatoms. The van der Waals surface area contributed by atoms with Crippen LogP contribution in [0, 0.1) is 11.2 Å². The topological polar surface area (TPSA) is 66.8 Å². The maximum atomic E-state index is 15.5. The van der Waals surface area contributed by atoms with Gasteiger partial charge in [0.05, 0.1) is 25.0 Å². The maximum Gasteiger partial charge on any atom is 0.228 e. The van der Waals surface area contributed by atoms with Crippen molar-refractivity contribution in [3.63, 3.8) is 0 Å². The van der Waals surface area contributed by atoms with Crippen LogP contribution in [0.5, 0.6) is 11.5 Å². The SMILES string of the molecule is COCCCOc1cc2c(cc1OC)-c1c(F)c(=O)c(C(C)=O)cn1[C@@H]1[C@H]2CCC1(C)C. The summed E-state index contributed by atoms with van der Waals surface area (Å²) in [5, 5.41) is 0. The molecule has 0 saturated heterocycles. The summed E-state index contributed by atoms with van der Waals surface area (Å²) < 4.78 is 34.0. The molecule has 1 saturated carbocycles. The molecule has 2 heterocycles. The number of hydrogen-bond donors (Lipinski definition) is 0. The van der Waals surface area contributed by atoms with Crippen molar-refractivity contribution in [3.8, 4) is 22.8 Å². The number of fused-ring (bicyclic) bond motifs is 6. The summed E-state index contributed by atoms with van der Waals surface area (Å²) in [4.78, 5) is 24.8. The molecule has 6 nitrogen and oxygen atoms in total. The van der Waals surface area contributed by atoms with Crippen LogP contribution in [0.4, 0.5) is 4.39 Å². The zero-order valence-corrected chi connectivity index (χ0v) is 19.3. The highest BCUT2D eigenvalue weighted by Crippen LogP contribution is 2.60. The highest BCUT2D eigenvalue weighted by Gasteiger charge is 2.48. The fourth-order valence-corrected chi connectivity index (χ4v) is 5.35. The Morgan fingerprint density at radius 1 is 1.22 bits per heavy atom. The molecule has 0 unspecified atom stereocenters. The third-order valence-corrected chi connectivity index (χ3v) is 6.88. The first-order valence-corrected chi connectivity index (χ1v) is 11.0. The van der Waals surface area contributed by atoms with Crippen molar-refractivity contribution in [2.75, 3.05) is 27.4 Å². The summed E-state index contributed by atoms with van der Waals surface area (Å²) in [5.74, 6) is -0.134. The van der Waals surface area contributed by atoms with E-state index in [1.165, 1.54) is 14.0 Å². The lowest BCUT2D eigenvalue weighted by Crippen LogP contribution is -2.33. The third kappa shape index (κ3) is 3.52. The molecule has 1 aliphatic carbocycles. The Labute approximate surface area is 187 Å². The number of halogens is 1. The zero-order valence-electron chi connectivity index (χ0n) is 19.3. The second kappa shape index (κ2) is 8.35. The maximum absolute atomic E-state index is 15.5. The van der Waals surface area contributed by atoms with Crippen LogP contribution in [0.1, 0.15) is 67.9 Å². The summed E-state index contributed by atoms with van der Waals surface area (Å²) in [5.41, 5.74) is 0.692. The minimum Gasteiger partial charge on any atom is -0.493 e. The number of carbonyl (C=O) groups excluding carboxylic acids is 1. The molecule has 1 aliphatic heterocycles. The van der Waals surface area contributed by atoms with Crippen molar-refractivity contribution in [1.82, 2.24) is 4.57 Å². The Hall–Kier alpha value is -2.67. The number of aromatic nitrogens is 1. The molecule has 32 heavy (non-hydrogen) atoms. The smallest absolute Gasteiger partial charge is 0.228 e. The predicted molar refractivity (Wildman–Crippen MR) is 119 cm³/mol. The minimum atomic E-state index is -0.893. The quantitative estimate of drug-likeness (QED) is 0.457.